The molecule has 5 nitrogen and oxygen atoms in total. The van der Waals surface area contributed by atoms with Crippen molar-refractivity contribution in [1.29, 1.82) is 0 Å². The average molecular weight is 521 g/mol. The molecule has 1 atom stereocenters. The lowest BCUT2D eigenvalue weighted by Gasteiger charge is -2.32. The van der Waals surface area contributed by atoms with Gasteiger partial charge < -0.3 is 24.8 Å². The molecular formula is C31H40N2O3S. The molecule has 0 bridgehead atoms. The Kier molecular flexibility index (Phi) is 10.0. The molecule has 0 aliphatic heterocycles. The summed E-state index contributed by atoms with van der Waals surface area (Å²) < 4.78 is 11.5. The van der Waals surface area contributed by atoms with E-state index in [2.05, 4.69) is 71.9 Å². The summed E-state index contributed by atoms with van der Waals surface area (Å²) in [6.07, 6.45) is 5.17. The fraction of sp³-hybridized carbons (Fsp3) is 0.419. The summed E-state index contributed by atoms with van der Waals surface area (Å²) >= 11 is 1.85. The van der Waals surface area contributed by atoms with Crippen molar-refractivity contribution in [3.05, 3.63) is 82.9 Å². The molecule has 0 radical (unpaired) electrons. The van der Waals surface area contributed by atoms with Crippen LogP contribution in [0, 0.1) is 0 Å². The minimum Gasteiger partial charge on any atom is -0.508 e. The number of aryl methyl sites for hydroxylation is 1. The first-order valence-electron chi connectivity index (χ1n) is 13.3. The average Bonchev–Trinajstić information content (AvgIpc) is 2.93. The highest BCUT2D eigenvalue weighted by Gasteiger charge is 2.24. The molecule has 3 aromatic carbocycles. The van der Waals surface area contributed by atoms with Crippen LogP contribution in [0.15, 0.2) is 60.7 Å². The summed E-state index contributed by atoms with van der Waals surface area (Å²) in [5, 5.41) is 13.3. The van der Waals surface area contributed by atoms with Gasteiger partial charge in [-0.25, -0.2) is 0 Å². The van der Waals surface area contributed by atoms with Gasteiger partial charge in [-0.1, -0.05) is 24.3 Å². The zero-order valence-electron chi connectivity index (χ0n) is 22.3. The molecule has 1 unspecified atom stereocenters. The molecule has 0 heterocycles. The Balaban J connectivity index is 1.46. The van der Waals surface area contributed by atoms with Gasteiger partial charge in [-0.3, -0.25) is 0 Å². The smallest absolute Gasteiger partial charge is 0.120 e. The van der Waals surface area contributed by atoms with Gasteiger partial charge in [0.25, 0.3) is 0 Å². The lowest BCUT2D eigenvalue weighted by molar-refractivity contribution is 0.315. The van der Waals surface area contributed by atoms with Crippen LogP contribution in [0.1, 0.15) is 41.5 Å². The van der Waals surface area contributed by atoms with Crippen LogP contribution in [-0.2, 0) is 19.4 Å². The molecule has 0 amide bonds. The maximum absolute atomic E-state index is 9.89. The molecule has 0 saturated heterocycles. The van der Waals surface area contributed by atoms with E-state index in [0.29, 0.717) is 18.3 Å². The minimum atomic E-state index is 0.360. The molecule has 4 rings (SSSR count). The number of fused-ring (bicyclic) bond motifs is 1. The van der Waals surface area contributed by atoms with Crippen molar-refractivity contribution in [3.63, 3.8) is 0 Å². The molecule has 0 saturated carbocycles. The van der Waals surface area contributed by atoms with Crippen LogP contribution in [0.25, 0.3) is 0 Å². The lowest BCUT2D eigenvalue weighted by Crippen LogP contribution is -2.25. The summed E-state index contributed by atoms with van der Waals surface area (Å²) in [4.78, 5) is 2.44. The fourth-order valence-electron chi connectivity index (χ4n) is 5.10. The molecule has 2 N–H and O–H groups in total. The Hall–Kier alpha value is -2.83. The van der Waals surface area contributed by atoms with E-state index in [0.717, 1.165) is 62.7 Å². The molecule has 6 heteroatoms. The van der Waals surface area contributed by atoms with Crippen molar-refractivity contribution in [2.75, 3.05) is 50.3 Å². The Morgan fingerprint density at radius 3 is 2.57 bits per heavy atom. The van der Waals surface area contributed by atoms with Gasteiger partial charge in [-0.2, -0.15) is 11.8 Å². The number of aromatic hydroxyl groups is 1. The summed E-state index contributed by atoms with van der Waals surface area (Å²) in [7, 11) is 1.73. The van der Waals surface area contributed by atoms with Gasteiger partial charge in [0.15, 0.2) is 0 Å². The van der Waals surface area contributed by atoms with Crippen LogP contribution in [0.4, 0.5) is 5.69 Å². The van der Waals surface area contributed by atoms with Crippen LogP contribution in [-0.4, -0.2) is 50.5 Å². The lowest BCUT2D eigenvalue weighted by atomic mass is 9.79. The Bertz CT molecular complexity index is 1140. The second kappa shape index (κ2) is 13.6. The monoisotopic (exact) mass is 520 g/mol. The topological polar surface area (TPSA) is 54.0 Å². The van der Waals surface area contributed by atoms with Gasteiger partial charge in [0.1, 0.15) is 23.9 Å². The normalized spacial score (nSPS) is 14.7. The molecule has 37 heavy (non-hydrogen) atoms. The highest BCUT2D eigenvalue weighted by Crippen LogP contribution is 2.40. The van der Waals surface area contributed by atoms with Crippen LogP contribution >= 0.6 is 11.8 Å². The number of benzene rings is 3. The molecule has 3 aromatic rings. The standard InChI is InChI=1S/C31H40N2O3S/c1-4-33(22-23-5-11-28(12-6-23)36-17-15-32-16-18-37-3)31-21-29(35-2)13-14-30(31)26-8-7-25-20-27(34)10-9-24(25)19-26/h5-6,9-14,20-21,26,32,34H,4,7-8,15-19,22H2,1-3H3. The van der Waals surface area contributed by atoms with E-state index in [-0.39, 0.29) is 0 Å². The summed E-state index contributed by atoms with van der Waals surface area (Å²) in [5.41, 5.74) is 6.48. The maximum Gasteiger partial charge on any atom is 0.120 e. The Labute approximate surface area is 226 Å². The number of phenols is 1. The van der Waals surface area contributed by atoms with E-state index in [1.165, 1.54) is 27.9 Å². The quantitative estimate of drug-likeness (QED) is 0.268. The zero-order valence-corrected chi connectivity index (χ0v) is 23.2. The zero-order chi connectivity index (χ0) is 26.0. The Morgan fingerprint density at radius 1 is 1.00 bits per heavy atom. The SMILES string of the molecule is CCN(Cc1ccc(OCCNCCSC)cc1)c1cc(OC)ccc1C1CCc2cc(O)ccc2C1. The first-order chi connectivity index (χ1) is 18.1. The van der Waals surface area contributed by atoms with Gasteiger partial charge in [0.05, 0.1) is 7.11 Å². The number of nitrogens with one attached hydrogen (secondary N) is 1. The number of ether oxygens (including phenoxy) is 2. The molecule has 0 spiro atoms. The van der Waals surface area contributed by atoms with E-state index >= 15 is 0 Å². The number of methoxy groups -OCH3 is 1. The van der Waals surface area contributed by atoms with Gasteiger partial charge in [0.2, 0.25) is 0 Å². The number of anilines is 1. The molecule has 1 aliphatic carbocycles. The number of phenolic OH excluding ortho intramolecular Hbond substituents is 1. The van der Waals surface area contributed by atoms with Gasteiger partial charge in [-0.15, -0.1) is 0 Å². The van der Waals surface area contributed by atoms with E-state index in [4.69, 9.17) is 9.47 Å². The third-order valence-electron chi connectivity index (χ3n) is 7.15. The number of nitrogens with zero attached hydrogens (tertiary/aromatic N) is 1. The number of rotatable bonds is 13. The van der Waals surface area contributed by atoms with Crippen molar-refractivity contribution in [2.24, 2.45) is 0 Å². The van der Waals surface area contributed by atoms with Gasteiger partial charge in [0, 0.05) is 43.7 Å². The van der Waals surface area contributed by atoms with Crippen LogP contribution in [0.5, 0.6) is 17.2 Å². The van der Waals surface area contributed by atoms with Gasteiger partial charge >= 0.3 is 0 Å². The second-order valence-electron chi connectivity index (χ2n) is 9.57. The fourth-order valence-corrected chi connectivity index (χ4v) is 5.44. The number of hydrogen-bond acceptors (Lipinski definition) is 6. The van der Waals surface area contributed by atoms with E-state index in [1.807, 2.05) is 23.9 Å². The first-order valence-corrected chi connectivity index (χ1v) is 14.7. The van der Waals surface area contributed by atoms with E-state index < -0.39 is 0 Å². The molecule has 0 fully saturated rings. The summed E-state index contributed by atoms with van der Waals surface area (Å²) in [6.45, 7) is 6.48. The van der Waals surface area contributed by atoms with E-state index in [9.17, 15) is 5.11 Å². The van der Waals surface area contributed by atoms with Crippen molar-refractivity contribution >= 4 is 17.4 Å². The molecule has 0 aromatic heterocycles. The number of hydrogen-bond donors (Lipinski definition) is 2. The second-order valence-corrected chi connectivity index (χ2v) is 10.6. The van der Waals surface area contributed by atoms with Gasteiger partial charge in [-0.05, 0) is 90.9 Å². The first kappa shape index (κ1) is 27.2. The molecule has 1 aliphatic rings. The predicted molar refractivity (Wildman–Crippen MR) is 156 cm³/mol. The van der Waals surface area contributed by atoms with Crippen molar-refractivity contribution in [1.82, 2.24) is 5.32 Å². The minimum absolute atomic E-state index is 0.360. The summed E-state index contributed by atoms with van der Waals surface area (Å²) in [5.74, 6) is 3.71. The highest BCUT2D eigenvalue weighted by atomic mass is 32.2. The predicted octanol–water partition coefficient (Wildman–Crippen LogP) is 6.03. The Morgan fingerprint density at radius 2 is 1.81 bits per heavy atom. The number of thioether (sulfide) groups is 1. The largest absolute Gasteiger partial charge is 0.508 e. The van der Waals surface area contributed by atoms with Crippen molar-refractivity contribution in [3.8, 4) is 17.2 Å². The van der Waals surface area contributed by atoms with E-state index in [1.54, 1.807) is 7.11 Å². The van der Waals surface area contributed by atoms with Crippen LogP contribution in [0.2, 0.25) is 0 Å². The molecule has 198 valence electrons. The third-order valence-corrected chi connectivity index (χ3v) is 7.76. The highest BCUT2D eigenvalue weighted by molar-refractivity contribution is 7.98. The third kappa shape index (κ3) is 7.36. The van der Waals surface area contributed by atoms with Crippen LogP contribution in [0.3, 0.4) is 0 Å². The van der Waals surface area contributed by atoms with Crippen molar-refractivity contribution in [2.45, 2.75) is 38.6 Å². The molecular weight excluding hydrogens is 480 g/mol. The van der Waals surface area contributed by atoms with Crippen LogP contribution < -0.4 is 19.7 Å². The maximum atomic E-state index is 9.89. The van der Waals surface area contributed by atoms with Crippen molar-refractivity contribution < 1.29 is 14.6 Å². The summed E-state index contributed by atoms with van der Waals surface area (Å²) in [6, 6.07) is 20.8.